The number of rotatable bonds is 6. The van der Waals surface area contributed by atoms with Gasteiger partial charge >= 0.3 is 6.18 Å². The minimum atomic E-state index is -4.21. The van der Waals surface area contributed by atoms with Gasteiger partial charge in [-0.1, -0.05) is 0 Å². The molecule has 7 heteroatoms. The van der Waals surface area contributed by atoms with Crippen molar-refractivity contribution in [1.82, 2.24) is 15.3 Å². The van der Waals surface area contributed by atoms with Gasteiger partial charge in [-0.15, -0.1) is 0 Å². The molecule has 1 aliphatic carbocycles. The van der Waals surface area contributed by atoms with Crippen molar-refractivity contribution in [3.05, 3.63) is 18.1 Å². The molecule has 0 unspecified atom stereocenters. The van der Waals surface area contributed by atoms with E-state index >= 15 is 0 Å². The molecule has 0 atom stereocenters. The number of halogens is 3. The average Bonchev–Trinajstić information content (AvgIpc) is 3.10. The van der Waals surface area contributed by atoms with E-state index in [1.165, 1.54) is 6.33 Å². The molecule has 1 aromatic heterocycles. The Morgan fingerprint density at radius 3 is 2.83 bits per heavy atom. The standard InChI is InChI=1S/C11H14F3N3O/c12-11(13,14)3-4-18-10-8(5-15-7-17-10)6-16-9-1-2-9/h5,7,9,16H,1-4,6H2. The van der Waals surface area contributed by atoms with Crippen LogP contribution in [0.25, 0.3) is 0 Å². The van der Waals surface area contributed by atoms with Gasteiger partial charge in [0.25, 0.3) is 0 Å². The summed E-state index contributed by atoms with van der Waals surface area (Å²) in [5.74, 6) is 0.224. The maximum Gasteiger partial charge on any atom is 0.392 e. The molecule has 1 saturated carbocycles. The van der Waals surface area contributed by atoms with Crippen molar-refractivity contribution in [1.29, 1.82) is 0 Å². The number of alkyl halides is 3. The summed E-state index contributed by atoms with van der Waals surface area (Å²) < 4.78 is 41.0. The molecular weight excluding hydrogens is 247 g/mol. The highest BCUT2D eigenvalue weighted by molar-refractivity contribution is 5.22. The summed E-state index contributed by atoms with van der Waals surface area (Å²) in [5.41, 5.74) is 0.687. The predicted molar refractivity (Wildman–Crippen MR) is 58.1 cm³/mol. The summed E-state index contributed by atoms with van der Waals surface area (Å²) in [4.78, 5) is 7.70. The smallest absolute Gasteiger partial charge is 0.392 e. The van der Waals surface area contributed by atoms with Crippen molar-refractivity contribution < 1.29 is 17.9 Å². The van der Waals surface area contributed by atoms with Gasteiger partial charge in [0.05, 0.1) is 13.0 Å². The third-order valence-electron chi connectivity index (χ3n) is 2.53. The lowest BCUT2D eigenvalue weighted by atomic mass is 10.3. The second kappa shape index (κ2) is 5.51. The lowest BCUT2D eigenvalue weighted by molar-refractivity contribution is -0.139. The number of hydrogen-bond acceptors (Lipinski definition) is 4. The largest absolute Gasteiger partial charge is 0.477 e. The first kappa shape index (κ1) is 13.1. The molecule has 0 bridgehead atoms. The number of hydrogen-bond donors (Lipinski definition) is 1. The van der Waals surface area contributed by atoms with E-state index in [1.54, 1.807) is 6.20 Å². The molecule has 0 aromatic carbocycles. The fourth-order valence-electron chi connectivity index (χ4n) is 1.40. The van der Waals surface area contributed by atoms with Gasteiger partial charge in [0, 0.05) is 24.3 Å². The van der Waals surface area contributed by atoms with Gasteiger partial charge in [0.2, 0.25) is 5.88 Å². The Bertz CT molecular complexity index is 393. The van der Waals surface area contributed by atoms with E-state index in [0.717, 1.165) is 12.8 Å². The summed E-state index contributed by atoms with van der Waals surface area (Å²) >= 11 is 0. The van der Waals surface area contributed by atoms with Crippen LogP contribution in [0.2, 0.25) is 0 Å². The molecule has 0 aliphatic heterocycles. The Kier molecular flexibility index (Phi) is 4.00. The van der Waals surface area contributed by atoms with Crippen molar-refractivity contribution >= 4 is 0 Å². The Balaban J connectivity index is 1.85. The molecule has 1 aliphatic rings. The van der Waals surface area contributed by atoms with Gasteiger partial charge in [-0.25, -0.2) is 9.97 Å². The van der Waals surface area contributed by atoms with E-state index < -0.39 is 19.2 Å². The van der Waals surface area contributed by atoms with Crippen LogP contribution in [0.3, 0.4) is 0 Å². The van der Waals surface area contributed by atoms with E-state index in [9.17, 15) is 13.2 Å². The number of ether oxygens (including phenoxy) is 1. The zero-order valence-corrected chi connectivity index (χ0v) is 9.70. The van der Waals surface area contributed by atoms with Crippen molar-refractivity contribution in [2.75, 3.05) is 6.61 Å². The monoisotopic (exact) mass is 261 g/mol. The van der Waals surface area contributed by atoms with Gasteiger partial charge < -0.3 is 10.1 Å². The zero-order chi connectivity index (χ0) is 13.0. The van der Waals surface area contributed by atoms with Gasteiger partial charge in [0.15, 0.2) is 0 Å². The molecule has 0 radical (unpaired) electrons. The van der Waals surface area contributed by atoms with Gasteiger partial charge in [-0.2, -0.15) is 13.2 Å². The first-order valence-electron chi connectivity index (χ1n) is 5.76. The summed E-state index contributed by atoms with van der Waals surface area (Å²) in [6.07, 6.45) is -0.0866. The number of nitrogens with one attached hydrogen (secondary N) is 1. The molecule has 1 aromatic rings. The highest BCUT2D eigenvalue weighted by Gasteiger charge is 2.27. The third-order valence-corrected chi connectivity index (χ3v) is 2.53. The van der Waals surface area contributed by atoms with Crippen LogP contribution in [0.1, 0.15) is 24.8 Å². The van der Waals surface area contributed by atoms with Crippen molar-refractivity contribution in [2.45, 2.75) is 38.0 Å². The van der Waals surface area contributed by atoms with E-state index in [-0.39, 0.29) is 5.88 Å². The van der Waals surface area contributed by atoms with Crippen molar-refractivity contribution in [3.8, 4) is 5.88 Å². The van der Waals surface area contributed by atoms with Gasteiger partial charge in [-0.05, 0) is 12.8 Å². The third kappa shape index (κ3) is 4.48. The van der Waals surface area contributed by atoms with Gasteiger partial charge in [0.1, 0.15) is 6.33 Å². The highest BCUT2D eigenvalue weighted by atomic mass is 19.4. The Morgan fingerprint density at radius 1 is 1.39 bits per heavy atom. The number of nitrogens with zero attached hydrogens (tertiary/aromatic N) is 2. The summed E-state index contributed by atoms with van der Waals surface area (Å²) in [6.45, 7) is 0.101. The van der Waals surface area contributed by atoms with E-state index in [1.807, 2.05) is 0 Å². The lowest BCUT2D eigenvalue weighted by Crippen LogP contribution is -2.18. The van der Waals surface area contributed by atoms with Crippen LogP contribution in [0, 0.1) is 0 Å². The summed E-state index contributed by atoms with van der Waals surface area (Å²) in [7, 11) is 0. The molecule has 4 nitrogen and oxygen atoms in total. The van der Waals surface area contributed by atoms with Gasteiger partial charge in [-0.3, -0.25) is 0 Å². The van der Waals surface area contributed by atoms with Crippen molar-refractivity contribution in [3.63, 3.8) is 0 Å². The minimum absolute atomic E-state index is 0.224. The SMILES string of the molecule is FC(F)(F)CCOc1ncncc1CNC1CC1. The van der Waals surface area contributed by atoms with E-state index in [0.29, 0.717) is 18.2 Å². The molecule has 1 fully saturated rings. The molecule has 0 amide bonds. The maximum absolute atomic E-state index is 12.0. The molecule has 0 saturated heterocycles. The van der Waals surface area contributed by atoms with Crippen molar-refractivity contribution in [2.24, 2.45) is 0 Å². The minimum Gasteiger partial charge on any atom is -0.477 e. The van der Waals surface area contributed by atoms with Crippen LogP contribution in [0.5, 0.6) is 5.88 Å². The Morgan fingerprint density at radius 2 is 2.17 bits per heavy atom. The fourth-order valence-corrected chi connectivity index (χ4v) is 1.40. The molecule has 18 heavy (non-hydrogen) atoms. The Labute approximate surface area is 103 Å². The summed E-state index contributed by atoms with van der Waals surface area (Å²) in [5, 5.41) is 3.24. The van der Waals surface area contributed by atoms with E-state index in [4.69, 9.17) is 4.74 Å². The average molecular weight is 261 g/mol. The quantitative estimate of drug-likeness (QED) is 0.851. The topological polar surface area (TPSA) is 47.0 Å². The molecule has 0 spiro atoms. The summed E-state index contributed by atoms with van der Waals surface area (Å²) in [6, 6.07) is 0.508. The van der Waals surface area contributed by atoms with E-state index in [2.05, 4.69) is 15.3 Å². The Hall–Kier alpha value is -1.37. The van der Waals surface area contributed by atoms with Crippen LogP contribution in [0.15, 0.2) is 12.5 Å². The molecule has 1 N–H and O–H groups in total. The molecular formula is C11H14F3N3O. The van der Waals surface area contributed by atoms with Crippen LogP contribution in [0.4, 0.5) is 13.2 Å². The first-order chi connectivity index (χ1) is 8.54. The van der Waals surface area contributed by atoms with Crippen LogP contribution in [-0.4, -0.2) is 28.8 Å². The normalized spacial score (nSPS) is 15.7. The second-order valence-corrected chi connectivity index (χ2v) is 4.22. The maximum atomic E-state index is 12.0. The van der Waals surface area contributed by atoms with Crippen LogP contribution >= 0.6 is 0 Å². The fraction of sp³-hybridized carbons (Fsp3) is 0.636. The van der Waals surface area contributed by atoms with Crippen LogP contribution < -0.4 is 10.1 Å². The first-order valence-corrected chi connectivity index (χ1v) is 5.76. The predicted octanol–water partition coefficient (Wildman–Crippen LogP) is 2.06. The zero-order valence-electron chi connectivity index (χ0n) is 9.70. The number of aromatic nitrogens is 2. The molecule has 100 valence electrons. The van der Waals surface area contributed by atoms with Crippen LogP contribution in [-0.2, 0) is 6.54 Å². The lowest BCUT2D eigenvalue weighted by Gasteiger charge is -2.11. The highest BCUT2D eigenvalue weighted by Crippen LogP contribution is 2.22. The molecule has 1 heterocycles. The second-order valence-electron chi connectivity index (χ2n) is 4.22. The molecule has 2 rings (SSSR count).